The second kappa shape index (κ2) is 8.37. The van der Waals surface area contributed by atoms with Crippen molar-refractivity contribution >= 4 is 0 Å². The highest BCUT2D eigenvalue weighted by Crippen LogP contribution is 2.15. The van der Waals surface area contributed by atoms with E-state index < -0.39 is 6.10 Å². The van der Waals surface area contributed by atoms with Crippen LogP contribution in [0.15, 0.2) is 30.3 Å². The fourth-order valence-corrected chi connectivity index (χ4v) is 1.75. The minimum absolute atomic E-state index is 0.0127. The predicted molar refractivity (Wildman–Crippen MR) is 80.8 cm³/mol. The van der Waals surface area contributed by atoms with Gasteiger partial charge < -0.3 is 19.9 Å². The van der Waals surface area contributed by atoms with Crippen molar-refractivity contribution < 1.29 is 14.6 Å². The van der Waals surface area contributed by atoms with Crippen LogP contribution in [-0.2, 0) is 9.47 Å². The van der Waals surface area contributed by atoms with E-state index in [1.54, 1.807) is 7.11 Å². The lowest BCUT2D eigenvalue weighted by Crippen LogP contribution is -2.41. The highest BCUT2D eigenvalue weighted by Gasteiger charge is 2.16. The summed E-state index contributed by atoms with van der Waals surface area (Å²) in [7, 11) is 1.68. The van der Waals surface area contributed by atoms with Crippen molar-refractivity contribution in [1.29, 1.82) is 0 Å². The molecule has 0 saturated heterocycles. The molecule has 4 heteroatoms. The molecule has 0 amide bonds. The molecule has 0 aliphatic heterocycles. The van der Waals surface area contributed by atoms with Crippen LogP contribution in [0.2, 0.25) is 0 Å². The van der Waals surface area contributed by atoms with Crippen LogP contribution in [0.3, 0.4) is 0 Å². The van der Waals surface area contributed by atoms with E-state index in [4.69, 9.17) is 9.47 Å². The van der Waals surface area contributed by atoms with E-state index in [-0.39, 0.29) is 11.7 Å². The number of hydrogen-bond acceptors (Lipinski definition) is 4. The fraction of sp³-hybridized carbons (Fsp3) is 0.625. The first-order chi connectivity index (χ1) is 9.44. The van der Waals surface area contributed by atoms with Crippen LogP contribution >= 0.6 is 0 Å². The van der Waals surface area contributed by atoms with Gasteiger partial charge >= 0.3 is 0 Å². The van der Waals surface area contributed by atoms with E-state index in [0.717, 1.165) is 5.56 Å². The fourth-order valence-electron chi connectivity index (χ4n) is 1.75. The molecule has 0 aromatic heterocycles. The quantitative estimate of drug-likeness (QED) is 0.728. The molecule has 1 aromatic carbocycles. The molecule has 0 aliphatic rings. The Labute approximate surface area is 122 Å². The summed E-state index contributed by atoms with van der Waals surface area (Å²) in [6, 6.07) is 10.00. The SMILES string of the molecule is COC(C)(C)CNCC(O)COC(C)c1ccccc1. The van der Waals surface area contributed by atoms with Gasteiger partial charge in [0.2, 0.25) is 0 Å². The van der Waals surface area contributed by atoms with Gasteiger partial charge in [-0.15, -0.1) is 0 Å². The molecular weight excluding hydrogens is 254 g/mol. The predicted octanol–water partition coefficient (Wildman–Crippen LogP) is 2.14. The van der Waals surface area contributed by atoms with E-state index in [1.165, 1.54) is 0 Å². The zero-order valence-electron chi connectivity index (χ0n) is 12.9. The lowest BCUT2D eigenvalue weighted by molar-refractivity contribution is -0.00858. The largest absolute Gasteiger partial charge is 0.389 e. The van der Waals surface area contributed by atoms with Gasteiger partial charge in [-0.2, -0.15) is 0 Å². The first-order valence-electron chi connectivity index (χ1n) is 7.05. The van der Waals surface area contributed by atoms with Crippen molar-refractivity contribution in [3.8, 4) is 0 Å². The molecular formula is C16H27NO3. The van der Waals surface area contributed by atoms with Crippen molar-refractivity contribution in [2.24, 2.45) is 0 Å². The average Bonchev–Trinajstić information content (AvgIpc) is 2.45. The molecule has 114 valence electrons. The number of aliphatic hydroxyl groups excluding tert-OH is 1. The molecule has 0 fully saturated rings. The normalized spacial score (nSPS) is 15.1. The van der Waals surface area contributed by atoms with Crippen LogP contribution < -0.4 is 5.32 Å². The molecule has 0 heterocycles. The van der Waals surface area contributed by atoms with E-state index in [0.29, 0.717) is 19.7 Å². The Kier molecular flexibility index (Phi) is 7.16. The highest BCUT2D eigenvalue weighted by molar-refractivity contribution is 5.16. The summed E-state index contributed by atoms with van der Waals surface area (Å²) in [6.07, 6.45) is -0.532. The number of rotatable bonds is 9. The Hall–Kier alpha value is -0.940. The molecule has 0 aliphatic carbocycles. The minimum Gasteiger partial charge on any atom is -0.389 e. The van der Waals surface area contributed by atoms with Gasteiger partial charge in [-0.05, 0) is 26.3 Å². The lowest BCUT2D eigenvalue weighted by atomic mass is 10.1. The maximum atomic E-state index is 9.89. The zero-order valence-corrected chi connectivity index (χ0v) is 12.9. The van der Waals surface area contributed by atoms with Crippen molar-refractivity contribution in [3.05, 3.63) is 35.9 Å². The summed E-state index contributed by atoms with van der Waals surface area (Å²) in [4.78, 5) is 0. The number of benzene rings is 1. The molecule has 0 bridgehead atoms. The van der Waals surface area contributed by atoms with Crippen LogP contribution in [0, 0.1) is 0 Å². The van der Waals surface area contributed by atoms with E-state index in [9.17, 15) is 5.11 Å². The maximum absolute atomic E-state index is 9.89. The first kappa shape index (κ1) is 17.1. The Morgan fingerprint density at radius 1 is 1.25 bits per heavy atom. The van der Waals surface area contributed by atoms with Crippen LogP contribution in [0.25, 0.3) is 0 Å². The van der Waals surface area contributed by atoms with E-state index >= 15 is 0 Å². The maximum Gasteiger partial charge on any atom is 0.0898 e. The van der Waals surface area contributed by atoms with Gasteiger partial charge in [0.1, 0.15) is 0 Å². The minimum atomic E-state index is -0.520. The number of ether oxygens (including phenoxy) is 2. The first-order valence-corrected chi connectivity index (χ1v) is 7.05. The highest BCUT2D eigenvalue weighted by atomic mass is 16.5. The molecule has 2 atom stereocenters. The third kappa shape index (κ3) is 6.48. The Morgan fingerprint density at radius 2 is 1.90 bits per heavy atom. The Bertz CT molecular complexity index is 367. The third-order valence-corrected chi connectivity index (χ3v) is 3.29. The summed E-state index contributed by atoms with van der Waals surface area (Å²) in [6.45, 7) is 7.49. The monoisotopic (exact) mass is 281 g/mol. The van der Waals surface area contributed by atoms with E-state index in [2.05, 4.69) is 5.32 Å². The smallest absolute Gasteiger partial charge is 0.0898 e. The van der Waals surface area contributed by atoms with Crippen LogP contribution in [0.4, 0.5) is 0 Å². The standard InChI is InChI=1S/C16H27NO3/c1-13(14-8-6-5-7-9-14)20-11-15(18)10-17-12-16(2,3)19-4/h5-9,13,15,17-18H,10-12H2,1-4H3. The van der Waals surface area contributed by atoms with Crippen molar-refractivity contribution in [1.82, 2.24) is 5.32 Å². The zero-order chi connectivity index (χ0) is 15.0. The number of methoxy groups -OCH3 is 1. The molecule has 1 rings (SSSR count). The Balaban J connectivity index is 2.21. The number of nitrogens with one attached hydrogen (secondary N) is 1. The van der Waals surface area contributed by atoms with Crippen molar-refractivity contribution in [2.45, 2.75) is 38.6 Å². The molecule has 1 aromatic rings. The average molecular weight is 281 g/mol. The molecule has 0 spiro atoms. The second-order valence-corrected chi connectivity index (χ2v) is 5.63. The Morgan fingerprint density at radius 3 is 2.50 bits per heavy atom. The molecule has 0 saturated carbocycles. The second-order valence-electron chi connectivity index (χ2n) is 5.63. The number of aliphatic hydroxyl groups is 1. The molecule has 2 N–H and O–H groups in total. The van der Waals surface area contributed by atoms with Crippen LogP contribution in [0.1, 0.15) is 32.4 Å². The van der Waals surface area contributed by atoms with Gasteiger partial charge in [-0.3, -0.25) is 0 Å². The van der Waals surface area contributed by atoms with Gasteiger partial charge in [-0.25, -0.2) is 0 Å². The van der Waals surface area contributed by atoms with Gasteiger partial charge in [-0.1, -0.05) is 30.3 Å². The summed E-state index contributed by atoms with van der Waals surface area (Å²) in [5.74, 6) is 0. The van der Waals surface area contributed by atoms with Gasteiger partial charge in [0.05, 0.1) is 24.4 Å². The third-order valence-electron chi connectivity index (χ3n) is 3.29. The molecule has 2 unspecified atom stereocenters. The van der Waals surface area contributed by atoms with Gasteiger partial charge in [0.25, 0.3) is 0 Å². The van der Waals surface area contributed by atoms with Gasteiger partial charge in [0.15, 0.2) is 0 Å². The van der Waals surface area contributed by atoms with E-state index in [1.807, 2.05) is 51.1 Å². The molecule has 0 radical (unpaired) electrons. The summed E-state index contributed by atoms with van der Waals surface area (Å²) in [5, 5.41) is 13.1. The van der Waals surface area contributed by atoms with Crippen molar-refractivity contribution in [2.75, 3.05) is 26.8 Å². The molecule has 20 heavy (non-hydrogen) atoms. The van der Waals surface area contributed by atoms with Crippen LogP contribution in [0.5, 0.6) is 0 Å². The summed E-state index contributed by atoms with van der Waals surface area (Å²) < 4.78 is 11.0. The summed E-state index contributed by atoms with van der Waals surface area (Å²) in [5.41, 5.74) is 0.894. The lowest BCUT2D eigenvalue weighted by Gasteiger charge is -2.24. The number of hydrogen-bond donors (Lipinski definition) is 2. The topological polar surface area (TPSA) is 50.7 Å². The van der Waals surface area contributed by atoms with Crippen molar-refractivity contribution in [3.63, 3.8) is 0 Å². The summed E-state index contributed by atoms with van der Waals surface area (Å²) >= 11 is 0. The molecule has 4 nitrogen and oxygen atoms in total. The van der Waals surface area contributed by atoms with Crippen LogP contribution in [-0.4, -0.2) is 43.6 Å². The van der Waals surface area contributed by atoms with Gasteiger partial charge in [0, 0.05) is 20.2 Å².